The van der Waals surface area contributed by atoms with E-state index in [0.717, 1.165) is 6.42 Å². The van der Waals surface area contributed by atoms with E-state index < -0.39 is 5.60 Å². The van der Waals surface area contributed by atoms with Crippen LogP contribution in [0.25, 0.3) is 0 Å². The molecule has 0 bridgehead atoms. The number of nitrogens with two attached hydrogens (primary N) is 1. The van der Waals surface area contributed by atoms with E-state index >= 15 is 0 Å². The summed E-state index contributed by atoms with van der Waals surface area (Å²) in [5.74, 6) is -0.208. The molecule has 0 radical (unpaired) electrons. The van der Waals surface area contributed by atoms with Crippen LogP contribution in [-0.4, -0.2) is 38.2 Å². The van der Waals surface area contributed by atoms with Crippen molar-refractivity contribution in [3.8, 4) is 0 Å². The molecule has 1 unspecified atom stereocenters. The minimum atomic E-state index is -0.866. The highest BCUT2D eigenvalue weighted by Gasteiger charge is 2.19. The lowest BCUT2D eigenvalue weighted by Crippen LogP contribution is -2.41. The molecule has 1 aromatic heterocycles. The van der Waals surface area contributed by atoms with Gasteiger partial charge in [0.15, 0.2) is 0 Å². The lowest BCUT2D eigenvalue weighted by atomic mass is 10.0. The molecule has 0 fully saturated rings. The first-order valence-corrected chi connectivity index (χ1v) is 6.05. The quantitative estimate of drug-likeness (QED) is 0.603. The summed E-state index contributed by atoms with van der Waals surface area (Å²) in [7, 11) is 0. The molecule has 1 amide bonds. The van der Waals surface area contributed by atoms with E-state index in [9.17, 15) is 9.90 Å². The zero-order valence-corrected chi connectivity index (χ0v) is 10.9. The molecule has 4 N–H and O–H groups in total. The maximum Gasteiger partial charge on any atom is 0.241 e. The van der Waals surface area contributed by atoms with Crippen LogP contribution in [0.15, 0.2) is 6.20 Å². The molecular weight excluding hydrogens is 234 g/mol. The van der Waals surface area contributed by atoms with Gasteiger partial charge in [-0.05, 0) is 13.3 Å². The van der Waals surface area contributed by atoms with Crippen LogP contribution in [0, 0.1) is 0 Å². The van der Waals surface area contributed by atoms with Crippen molar-refractivity contribution >= 4 is 5.91 Å². The van der Waals surface area contributed by atoms with Crippen molar-refractivity contribution in [3.05, 3.63) is 11.9 Å². The van der Waals surface area contributed by atoms with E-state index in [2.05, 4.69) is 15.6 Å². The number of amides is 1. The second kappa shape index (κ2) is 6.46. The van der Waals surface area contributed by atoms with Crippen LogP contribution in [0.4, 0.5) is 0 Å². The molecule has 7 heteroatoms. The van der Waals surface area contributed by atoms with Gasteiger partial charge in [0, 0.05) is 13.1 Å². The molecule has 7 nitrogen and oxygen atoms in total. The second-order valence-electron chi connectivity index (χ2n) is 4.64. The fourth-order valence-electron chi connectivity index (χ4n) is 1.63. The average Bonchev–Trinajstić information content (AvgIpc) is 2.74. The molecule has 1 aromatic rings. The second-order valence-corrected chi connectivity index (χ2v) is 4.64. The number of carbonyl (C=O) groups excluding carboxylic acids is 1. The SMILES string of the molecule is CCCC(C)(O)CNC(=O)Cn1cc(CN)nn1. The van der Waals surface area contributed by atoms with E-state index in [1.165, 1.54) is 4.68 Å². The van der Waals surface area contributed by atoms with Crippen LogP contribution in [-0.2, 0) is 17.9 Å². The Balaban J connectivity index is 2.37. The van der Waals surface area contributed by atoms with Gasteiger partial charge in [0.1, 0.15) is 6.54 Å². The van der Waals surface area contributed by atoms with Crippen molar-refractivity contribution in [2.45, 2.75) is 45.4 Å². The van der Waals surface area contributed by atoms with Crippen molar-refractivity contribution in [1.29, 1.82) is 0 Å². The molecule has 1 atom stereocenters. The Morgan fingerprint density at radius 2 is 2.39 bits per heavy atom. The Morgan fingerprint density at radius 3 is 2.94 bits per heavy atom. The van der Waals surface area contributed by atoms with Crippen molar-refractivity contribution < 1.29 is 9.90 Å². The van der Waals surface area contributed by atoms with Gasteiger partial charge in [0.05, 0.1) is 17.5 Å². The highest BCUT2D eigenvalue weighted by Crippen LogP contribution is 2.09. The minimum absolute atomic E-state index is 0.0786. The fraction of sp³-hybridized carbons (Fsp3) is 0.727. The Kier molecular flexibility index (Phi) is 5.24. The smallest absolute Gasteiger partial charge is 0.241 e. The summed E-state index contributed by atoms with van der Waals surface area (Å²) in [6, 6.07) is 0. The van der Waals surface area contributed by atoms with Gasteiger partial charge in [-0.25, -0.2) is 4.68 Å². The molecule has 18 heavy (non-hydrogen) atoms. The highest BCUT2D eigenvalue weighted by atomic mass is 16.3. The number of aliphatic hydroxyl groups is 1. The zero-order chi connectivity index (χ0) is 13.6. The van der Waals surface area contributed by atoms with Gasteiger partial charge in [0.25, 0.3) is 0 Å². The number of hydrogen-bond donors (Lipinski definition) is 3. The maximum atomic E-state index is 11.6. The first kappa shape index (κ1) is 14.6. The molecule has 0 aliphatic rings. The predicted octanol–water partition coefficient (Wildman–Crippen LogP) is -0.596. The summed E-state index contributed by atoms with van der Waals surface area (Å²) in [6.45, 7) is 4.30. The van der Waals surface area contributed by atoms with Crippen molar-refractivity contribution in [2.75, 3.05) is 6.54 Å². The molecule has 0 aliphatic heterocycles. The van der Waals surface area contributed by atoms with Gasteiger partial charge in [-0.15, -0.1) is 5.10 Å². The summed E-state index contributed by atoms with van der Waals surface area (Å²) in [6.07, 6.45) is 3.14. The van der Waals surface area contributed by atoms with Gasteiger partial charge in [0.2, 0.25) is 5.91 Å². The Bertz CT molecular complexity index is 389. The molecular formula is C11H21N5O2. The first-order valence-electron chi connectivity index (χ1n) is 6.05. The molecule has 0 saturated heterocycles. The molecule has 1 rings (SSSR count). The third kappa shape index (κ3) is 4.80. The summed E-state index contributed by atoms with van der Waals surface area (Å²) in [5.41, 5.74) is 5.17. The van der Waals surface area contributed by atoms with E-state index in [1.54, 1.807) is 13.1 Å². The lowest BCUT2D eigenvalue weighted by molar-refractivity contribution is -0.123. The van der Waals surface area contributed by atoms with Crippen LogP contribution in [0.1, 0.15) is 32.4 Å². The largest absolute Gasteiger partial charge is 0.388 e. The number of nitrogens with zero attached hydrogens (tertiary/aromatic N) is 3. The Morgan fingerprint density at radius 1 is 1.67 bits per heavy atom. The monoisotopic (exact) mass is 255 g/mol. The van der Waals surface area contributed by atoms with Gasteiger partial charge >= 0.3 is 0 Å². The topological polar surface area (TPSA) is 106 Å². The highest BCUT2D eigenvalue weighted by molar-refractivity contribution is 5.75. The average molecular weight is 255 g/mol. The molecule has 102 valence electrons. The lowest BCUT2D eigenvalue weighted by Gasteiger charge is -2.22. The van der Waals surface area contributed by atoms with E-state index in [-0.39, 0.29) is 19.0 Å². The standard InChI is InChI=1S/C11H21N5O2/c1-3-4-11(2,18)8-13-10(17)7-16-6-9(5-12)14-15-16/h6,18H,3-5,7-8,12H2,1-2H3,(H,13,17). The van der Waals surface area contributed by atoms with Crippen LogP contribution in [0.3, 0.4) is 0 Å². The van der Waals surface area contributed by atoms with Crippen LogP contribution in [0.5, 0.6) is 0 Å². The minimum Gasteiger partial charge on any atom is -0.388 e. The van der Waals surface area contributed by atoms with Crippen molar-refractivity contribution in [2.24, 2.45) is 5.73 Å². The Labute approximate surface area is 106 Å². The third-order valence-corrected chi connectivity index (χ3v) is 2.56. The van der Waals surface area contributed by atoms with Crippen LogP contribution >= 0.6 is 0 Å². The molecule has 0 aromatic carbocycles. The number of nitrogens with one attached hydrogen (secondary N) is 1. The van der Waals surface area contributed by atoms with Crippen LogP contribution in [0.2, 0.25) is 0 Å². The third-order valence-electron chi connectivity index (χ3n) is 2.56. The van der Waals surface area contributed by atoms with Crippen molar-refractivity contribution in [1.82, 2.24) is 20.3 Å². The van der Waals surface area contributed by atoms with Gasteiger partial charge in [-0.2, -0.15) is 0 Å². The maximum absolute atomic E-state index is 11.6. The van der Waals surface area contributed by atoms with Gasteiger partial charge in [-0.3, -0.25) is 4.79 Å². The summed E-state index contributed by atoms with van der Waals surface area (Å²) >= 11 is 0. The number of rotatable bonds is 7. The molecule has 1 heterocycles. The molecule has 0 saturated carbocycles. The number of carbonyl (C=O) groups is 1. The molecule has 0 spiro atoms. The fourth-order valence-corrected chi connectivity index (χ4v) is 1.63. The van der Waals surface area contributed by atoms with E-state index in [4.69, 9.17) is 5.73 Å². The number of aromatic nitrogens is 3. The summed E-state index contributed by atoms with van der Waals surface area (Å²) in [4.78, 5) is 11.6. The van der Waals surface area contributed by atoms with Crippen molar-refractivity contribution in [3.63, 3.8) is 0 Å². The normalized spacial score (nSPS) is 14.2. The number of hydrogen-bond acceptors (Lipinski definition) is 5. The molecule has 0 aliphatic carbocycles. The summed E-state index contributed by atoms with van der Waals surface area (Å²) < 4.78 is 1.42. The first-order chi connectivity index (χ1) is 8.46. The van der Waals surface area contributed by atoms with E-state index in [1.807, 2.05) is 6.92 Å². The zero-order valence-electron chi connectivity index (χ0n) is 10.9. The summed E-state index contributed by atoms with van der Waals surface area (Å²) in [5, 5.41) is 20.1. The van der Waals surface area contributed by atoms with Gasteiger partial charge < -0.3 is 16.2 Å². The Hall–Kier alpha value is -1.47. The predicted molar refractivity (Wildman–Crippen MR) is 66.5 cm³/mol. The van der Waals surface area contributed by atoms with Crippen LogP contribution < -0.4 is 11.1 Å². The van der Waals surface area contributed by atoms with Gasteiger partial charge in [-0.1, -0.05) is 18.6 Å². The van der Waals surface area contributed by atoms with E-state index in [0.29, 0.717) is 18.7 Å².